The van der Waals surface area contributed by atoms with Gasteiger partial charge in [0.25, 0.3) is 0 Å². The van der Waals surface area contributed by atoms with E-state index in [1.165, 1.54) is 11.9 Å². The van der Waals surface area contributed by atoms with Crippen molar-refractivity contribution in [2.75, 3.05) is 46.6 Å². The first-order valence-corrected chi connectivity index (χ1v) is 11.6. The number of aliphatic carboxylic acids is 1. The molecule has 31 heavy (non-hydrogen) atoms. The number of nitrogens with zero attached hydrogens (tertiary/aromatic N) is 1. The molecule has 1 atom stereocenters. The van der Waals surface area contributed by atoms with Gasteiger partial charge in [-0.05, 0) is 39.0 Å². The van der Waals surface area contributed by atoms with Crippen LogP contribution < -0.4 is 4.72 Å². The van der Waals surface area contributed by atoms with E-state index in [9.17, 15) is 9.90 Å². The van der Waals surface area contributed by atoms with E-state index in [0.29, 0.717) is 58.1 Å². The Morgan fingerprint density at radius 3 is 2.35 bits per heavy atom. The molecule has 0 saturated heterocycles. The number of nitrogens with one attached hydrogen (secondary N) is 1. The van der Waals surface area contributed by atoms with Crippen LogP contribution in [0.25, 0.3) is 0 Å². The van der Waals surface area contributed by atoms with Crippen molar-refractivity contribution in [3.63, 3.8) is 0 Å². The summed E-state index contributed by atoms with van der Waals surface area (Å²) in [7, 11) is 1.83. The van der Waals surface area contributed by atoms with Gasteiger partial charge in [0.2, 0.25) is 0 Å². The molecule has 0 aliphatic heterocycles. The Bertz CT molecular complexity index is 729. The van der Waals surface area contributed by atoms with Crippen LogP contribution in [-0.4, -0.2) is 67.8 Å². The lowest BCUT2D eigenvalue weighted by Gasteiger charge is -2.33. The third-order valence-corrected chi connectivity index (χ3v) is 5.69. The minimum absolute atomic E-state index is 0.151. The molecular weight excluding hydrogens is 416 g/mol. The van der Waals surface area contributed by atoms with Crippen LogP contribution in [0, 0.1) is 0 Å². The SMILES string of the molecule is CCOCCN(CCOCC)C1=C(OCc2ccccc2)C(SNC)CC(C(=O)O)=C1. The van der Waals surface area contributed by atoms with Gasteiger partial charge < -0.3 is 24.2 Å². The highest BCUT2D eigenvalue weighted by atomic mass is 32.2. The number of benzene rings is 1. The van der Waals surface area contributed by atoms with Gasteiger partial charge >= 0.3 is 5.97 Å². The summed E-state index contributed by atoms with van der Waals surface area (Å²) < 4.78 is 20.6. The number of hydrogen-bond donors (Lipinski definition) is 2. The third-order valence-electron chi connectivity index (χ3n) is 4.79. The van der Waals surface area contributed by atoms with Crippen LogP contribution in [0.15, 0.2) is 53.4 Å². The number of ether oxygens (including phenoxy) is 3. The van der Waals surface area contributed by atoms with Crippen LogP contribution in [0.3, 0.4) is 0 Å². The molecule has 7 nitrogen and oxygen atoms in total. The first-order valence-electron chi connectivity index (χ1n) is 10.7. The molecule has 0 bridgehead atoms. The van der Waals surface area contributed by atoms with Crippen LogP contribution >= 0.6 is 11.9 Å². The average molecular weight is 451 g/mol. The molecule has 1 aromatic carbocycles. The molecule has 1 aliphatic rings. The summed E-state index contributed by atoms with van der Waals surface area (Å²) >= 11 is 1.47. The van der Waals surface area contributed by atoms with Crippen molar-refractivity contribution < 1.29 is 24.1 Å². The van der Waals surface area contributed by atoms with Gasteiger partial charge in [-0.25, -0.2) is 4.79 Å². The smallest absolute Gasteiger partial charge is 0.331 e. The predicted octanol–water partition coefficient (Wildman–Crippen LogP) is 3.44. The maximum Gasteiger partial charge on any atom is 0.331 e. The van der Waals surface area contributed by atoms with Gasteiger partial charge in [-0.1, -0.05) is 42.3 Å². The van der Waals surface area contributed by atoms with E-state index >= 15 is 0 Å². The van der Waals surface area contributed by atoms with Gasteiger partial charge in [-0.15, -0.1) is 0 Å². The zero-order chi connectivity index (χ0) is 22.5. The second-order valence-corrected chi connectivity index (χ2v) is 8.11. The minimum Gasteiger partial charge on any atom is -0.490 e. The van der Waals surface area contributed by atoms with Crippen LogP contribution in [-0.2, 0) is 25.6 Å². The summed E-state index contributed by atoms with van der Waals surface area (Å²) in [4.78, 5) is 14.0. The second kappa shape index (κ2) is 14.1. The van der Waals surface area contributed by atoms with Crippen molar-refractivity contribution in [2.45, 2.75) is 32.1 Å². The zero-order valence-electron chi connectivity index (χ0n) is 18.6. The highest BCUT2D eigenvalue weighted by molar-refractivity contribution is 7.98. The highest BCUT2D eigenvalue weighted by Gasteiger charge is 2.31. The number of hydrogen-bond acceptors (Lipinski definition) is 7. The van der Waals surface area contributed by atoms with E-state index in [0.717, 1.165) is 17.0 Å². The van der Waals surface area contributed by atoms with E-state index in [-0.39, 0.29) is 5.25 Å². The van der Waals surface area contributed by atoms with Gasteiger partial charge in [0.15, 0.2) is 0 Å². The lowest BCUT2D eigenvalue weighted by atomic mass is 10.00. The fraction of sp³-hybridized carbons (Fsp3) is 0.522. The van der Waals surface area contributed by atoms with Crippen molar-refractivity contribution >= 4 is 17.9 Å². The van der Waals surface area contributed by atoms with Gasteiger partial charge in [-0.3, -0.25) is 4.72 Å². The lowest BCUT2D eigenvalue weighted by molar-refractivity contribution is -0.132. The fourth-order valence-corrected chi connectivity index (χ4v) is 4.12. The Balaban J connectivity index is 2.39. The van der Waals surface area contributed by atoms with E-state index in [1.54, 1.807) is 6.08 Å². The molecule has 0 fully saturated rings. The number of allylic oxidation sites excluding steroid dienone is 1. The first-order chi connectivity index (χ1) is 15.1. The van der Waals surface area contributed by atoms with Crippen molar-refractivity contribution in [1.29, 1.82) is 0 Å². The molecule has 0 spiro atoms. The number of carboxylic acids is 1. The van der Waals surface area contributed by atoms with Crippen molar-refractivity contribution in [2.24, 2.45) is 0 Å². The Hall–Kier alpha value is -2.00. The third kappa shape index (κ3) is 8.22. The Morgan fingerprint density at radius 1 is 1.16 bits per heavy atom. The number of rotatable bonds is 15. The summed E-state index contributed by atoms with van der Waals surface area (Å²) in [5.74, 6) is -0.128. The van der Waals surface area contributed by atoms with E-state index in [2.05, 4.69) is 9.62 Å². The monoisotopic (exact) mass is 450 g/mol. The van der Waals surface area contributed by atoms with Crippen LogP contribution in [0.2, 0.25) is 0 Å². The molecule has 2 N–H and O–H groups in total. The summed E-state index contributed by atoms with van der Waals surface area (Å²) in [6.07, 6.45) is 2.13. The highest BCUT2D eigenvalue weighted by Crippen LogP contribution is 2.34. The first kappa shape index (κ1) is 25.3. The maximum atomic E-state index is 11.8. The zero-order valence-corrected chi connectivity index (χ0v) is 19.5. The molecule has 1 aliphatic carbocycles. The molecule has 2 rings (SSSR count). The van der Waals surface area contributed by atoms with Crippen LogP contribution in [0.4, 0.5) is 0 Å². The molecule has 172 valence electrons. The van der Waals surface area contributed by atoms with Gasteiger partial charge in [0, 0.05) is 31.9 Å². The number of carbonyl (C=O) groups is 1. The minimum atomic E-state index is -0.907. The molecule has 0 saturated carbocycles. The summed E-state index contributed by atoms with van der Waals surface area (Å²) in [6, 6.07) is 9.97. The van der Waals surface area contributed by atoms with Gasteiger partial charge in [0.05, 0.1) is 24.2 Å². The second-order valence-electron chi connectivity index (χ2n) is 6.89. The summed E-state index contributed by atoms with van der Waals surface area (Å²) in [5.41, 5.74) is 2.21. The van der Waals surface area contributed by atoms with E-state index in [1.807, 2.05) is 51.2 Å². The number of carboxylic acid groups (broad SMARTS) is 1. The summed E-state index contributed by atoms with van der Waals surface area (Å²) in [5, 5.41) is 9.57. The molecule has 0 radical (unpaired) electrons. The summed E-state index contributed by atoms with van der Waals surface area (Å²) in [6.45, 7) is 7.91. The maximum absolute atomic E-state index is 11.8. The predicted molar refractivity (Wildman–Crippen MR) is 124 cm³/mol. The fourth-order valence-electron chi connectivity index (χ4n) is 3.28. The van der Waals surface area contributed by atoms with E-state index in [4.69, 9.17) is 14.2 Å². The Labute approximate surface area is 189 Å². The van der Waals surface area contributed by atoms with Crippen LogP contribution in [0.1, 0.15) is 25.8 Å². The molecule has 8 heteroatoms. The quantitative estimate of drug-likeness (QED) is 0.311. The molecule has 1 unspecified atom stereocenters. The molecule has 0 aromatic heterocycles. The van der Waals surface area contributed by atoms with Gasteiger partial charge in [-0.2, -0.15) is 0 Å². The normalized spacial score (nSPS) is 16.2. The van der Waals surface area contributed by atoms with Crippen LogP contribution in [0.5, 0.6) is 0 Å². The van der Waals surface area contributed by atoms with Gasteiger partial charge in [0.1, 0.15) is 12.4 Å². The molecule has 0 amide bonds. The Morgan fingerprint density at radius 2 is 1.81 bits per heavy atom. The van der Waals surface area contributed by atoms with E-state index < -0.39 is 5.97 Å². The molecular formula is C23H34N2O5S. The largest absolute Gasteiger partial charge is 0.490 e. The molecule has 0 heterocycles. The van der Waals surface area contributed by atoms with Crippen molar-refractivity contribution in [3.05, 3.63) is 59.0 Å². The average Bonchev–Trinajstić information content (AvgIpc) is 2.78. The molecule has 1 aromatic rings. The van der Waals surface area contributed by atoms with Crippen molar-refractivity contribution in [3.8, 4) is 0 Å². The Kier molecular flexibility index (Phi) is 11.5. The topological polar surface area (TPSA) is 80.3 Å². The lowest BCUT2D eigenvalue weighted by Crippen LogP contribution is -2.35. The standard InChI is InChI=1S/C23H34N2O5S/c1-4-28-13-11-25(12-14-29-5-2)20-15-19(23(26)27)16-21(31-24-3)22(20)30-17-18-9-7-6-8-10-18/h6-10,15,21,24H,4-5,11-14,16-17H2,1-3H3,(H,26,27). The van der Waals surface area contributed by atoms with Crippen molar-refractivity contribution in [1.82, 2.24) is 9.62 Å².